The first kappa shape index (κ1) is 11.9. The zero-order valence-corrected chi connectivity index (χ0v) is 11.2. The van der Waals surface area contributed by atoms with Gasteiger partial charge < -0.3 is 4.74 Å². The minimum atomic E-state index is 0.772. The van der Waals surface area contributed by atoms with E-state index in [9.17, 15) is 0 Å². The molecule has 1 fully saturated rings. The standard InChI is InChI=1S/C15H17NOS/c1-2-6-14-13(4-1)5-3-7-15(14)17-10-8-16-9-11-18-12-16/h1-7H,8-12H2. The van der Waals surface area contributed by atoms with Crippen molar-refractivity contribution in [3.05, 3.63) is 42.5 Å². The fourth-order valence-corrected chi connectivity index (χ4v) is 3.27. The van der Waals surface area contributed by atoms with Gasteiger partial charge in [-0.15, -0.1) is 11.8 Å². The number of fused-ring (bicyclic) bond motifs is 1. The van der Waals surface area contributed by atoms with Crippen LogP contribution < -0.4 is 4.74 Å². The number of thioether (sulfide) groups is 1. The lowest BCUT2D eigenvalue weighted by atomic mass is 10.1. The van der Waals surface area contributed by atoms with Crippen LogP contribution in [0.4, 0.5) is 0 Å². The van der Waals surface area contributed by atoms with Crippen LogP contribution in [0.5, 0.6) is 5.75 Å². The molecule has 1 saturated heterocycles. The van der Waals surface area contributed by atoms with Gasteiger partial charge in [-0.2, -0.15) is 0 Å². The van der Waals surface area contributed by atoms with Gasteiger partial charge in [0.15, 0.2) is 0 Å². The van der Waals surface area contributed by atoms with E-state index in [0.717, 1.165) is 24.8 Å². The van der Waals surface area contributed by atoms with Gasteiger partial charge in [-0.3, -0.25) is 4.90 Å². The molecule has 0 aromatic heterocycles. The molecular weight excluding hydrogens is 242 g/mol. The van der Waals surface area contributed by atoms with E-state index < -0.39 is 0 Å². The van der Waals surface area contributed by atoms with E-state index in [-0.39, 0.29) is 0 Å². The van der Waals surface area contributed by atoms with Crippen molar-refractivity contribution in [1.82, 2.24) is 4.90 Å². The normalized spacial score (nSPS) is 16.2. The topological polar surface area (TPSA) is 12.5 Å². The largest absolute Gasteiger partial charge is 0.492 e. The second-order valence-corrected chi connectivity index (χ2v) is 5.56. The summed E-state index contributed by atoms with van der Waals surface area (Å²) >= 11 is 2.00. The Morgan fingerprint density at radius 1 is 1.11 bits per heavy atom. The molecule has 3 heteroatoms. The second kappa shape index (κ2) is 5.63. The molecule has 1 heterocycles. The first-order valence-electron chi connectivity index (χ1n) is 6.34. The lowest BCUT2D eigenvalue weighted by Gasteiger charge is -2.15. The maximum atomic E-state index is 5.93. The van der Waals surface area contributed by atoms with E-state index >= 15 is 0 Å². The van der Waals surface area contributed by atoms with Crippen molar-refractivity contribution in [2.45, 2.75) is 0 Å². The van der Waals surface area contributed by atoms with Crippen molar-refractivity contribution in [2.75, 3.05) is 31.3 Å². The molecule has 1 aliphatic heterocycles. The molecule has 0 amide bonds. The quantitative estimate of drug-likeness (QED) is 0.836. The molecule has 0 atom stereocenters. The Bertz CT molecular complexity index is 517. The molecular formula is C15H17NOS. The van der Waals surface area contributed by atoms with Crippen molar-refractivity contribution in [2.24, 2.45) is 0 Å². The fourth-order valence-electron chi connectivity index (χ4n) is 2.23. The third kappa shape index (κ3) is 2.62. The lowest BCUT2D eigenvalue weighted by molar-refractivity contribution is 0.246. The van der Waals surface area contributed by atoms with Crippen molar-refractivity contribution in [3.63, 3.8) is 0 Å². The molecule has 3 rings (SSSR count). The van der Waals surface area contributed by atoms with Gasteiger partial charge in [-0.05, 0) is 11.5 Å². The zero-order chi connectivity index (χ0) is 12.2. The van der Waals surface area contributed by atoms with Crippen LogP contribution >= 0.6 is 11.8 Å². The Morgan fingerprint density at radius 3 is 2.89 bits per heavy atom. The highest BCUT2D eigenvalue weighted by Gasteiger charge is 2.11. The molecule has 0 unspecified atom stereocenters. The third-order valence-corrected chi connectivity index (χ3v) is 4.26. The van der Waals surface area contributed by atoms with Gasteiger partial charge in [0.2, 0.25) is 0 Å². The molecule has 0 bridgehead atoms. The number of hydrogen-bond acceptors (Lipinski definition) is 3. The van der Waals surface area contributed by atoms with E-state index in [2.05, 4.69) is 47.4 Å². The molecule has 2 aromatic carbocycles. The molecule has 2 nitrogen and oxygen atoms in total. The van der Waals surface area contributed by atoms with Crippen molar-refractivity contribution in [1.29, 1.82) is 0 Å². The van der Waals surface area contributed by atoms with Crippen LogP contribution in [-0.2, 0) is 0 Å². The van der Waals surface area contributed by atoms with Crippen LogP contribution in [0.15, 0.2) is 42.5 Å². The summed E-state index contributed by atoms with van der Waals surface area (Å²) in [7, 11) is 0. The molecule has 94 valence electrons. The number of nitrogens with zero attached hydrogens (tertiary/aromatic N) is 1. The minimum absolute atomic E-state index is 0.772. The number of ether oxygens (including phenoxy) is 1. The van der Waals surface area contributed by atoms with Crippen LogP contribution in [-0.4, -0.2) is 36.2 Å². The Balaban J connectivity index is 1.66. The first-order chi connectivity index (χ1) is 8.93. The summed E-state index contributed by atoms with van der Waals surface area (Å²) in [6.07, 6.45) is 0. The Morgan fingerprint density at radius 2 is 2.00 bits per heavy atom. The van der Waals surface area contributed by atoms with Gasteiger partial charge in [-0.25, -0.2) is 0 Å². The van der Waals surface area contributed by atoms with E-state index in [4.69, 9.17) is 4.74 Å². The second-order valence-electron chi connectivity index (χ2n) is 4.48. The molecule has 0 aliphatic carbocycles. The third-order valence-electron chi connectivity index (χ3n) is 3.24. The van der Waals surface area contributed by atoms with E-state index in [1.807, 2.05) is 11.8 Å². The summed E-state index contributed by atoms with van der Waals surface area (Å²) in [4.78, 5) is 2.44. The van der Waals surface area contributed by atoms with Crippen molar-refractivity contribution >= 4 is 22.5 Å². The van der Waals surface area contributed by atoms with Gasteiger partial charge >= 0.3 is 0 Å². The van der Waals surface area contributed by atoms with E-state index in [1.54, 1.807) is 0 Å². The maximum absolute atomic E-state index is 5.93. The molecule has 0 saturated carbocycles. The fraction of sp³-hybridized carbons (Fsp3) is 0.333. The number of benzene rings is 2. The summed E-state index contributed by atoms with van der Waals surface area (Å²) in [5.41, 5.74) is 0. The predicted molar refractivity (Wildman–Crippen MR) is 78.3 cm³/mol. The van der Waals surface area contributed by atoms with Crippen LogP contribution in [0.1, 0.15) is 0 Å². The van der Waals surface area contributed by atoms with E-state index in [1.165, 1.54) is 23.1 Å². The van der Waals surface area contributed by atoms with Gasteiger partial charge in [0.1, 0.15) is 12.4 Å². The minimum Gasteiger partial charge on any atom is -0.492 e. The Hall–Kier alpha value is -1.19. The van der Waals surface area contributed by atoms with E-state index in [0.29, 0.717) is 0 Å². The maximum Gasteiger partial charge on any atom is 0.127 e. The van der Waals surface area contributed by atoms with Crippen molar-refractivity contribution < 1.29 is 4.74 Å². The highest BCUT2D eigenvalue weighted by atomic mass is 32.2. The molecule has 0 spiro atoms. The average Bonchev–Trinajstić information content (AvgIpc) is 2.92. The summed E-state index contributed by atoms with van der Waals surface area (Å²) in [5.74, 6) is 3.41. The SMILES string of the molecule is c1ccc2c(OCCN3CCSC3)cccc2c1. The van der Waals surface area contributed by atoms with Crippen LogP contribution in [0, 0.1) is 0 Å². The smallest absolute Gasteiger partial charge is 0.127 e. The molecule has 2 aromatic rings. The highest BCUT2D eigenvalue weighted by Crippen LogP contribution is 2.25. The van der Waals surface area contributed by atoms with Gasteiger partial charge in [0.05, 0.1) is 0 Å². The van der Waals surface area contributed by atoms with Crippen LogP contribution in [0.2, 0.25) is 0 Å². The molecule has 0 N–H and O–H groups in total. The van der Waals surface area contributed by atoms with Gasteiger partial charge in [0, 0.05) is 30.1 Å². The highest BCUT2D eigenvalue weighted by molar-refractivity contribution is 7.99. The lowest BCUT2D eigenvalue weighted by Crippen LogP contribution is -2.25. The average molecular weight is 259 g/mol. The van der Waals surface area contributed by atoms with Gasteiger partial charge in [-0.1, -0.05) is 36.4 Å². The van der Waals surface area contributed by atoms with Crippen LogP contribution in [0.25, 0.3) is 10.8 Å². The number of hydrogen-bond donors (Lipinski definition) is 0. The van der Waals surface area contributed by atoms with Crippen molar-refractivity contribution in [3.8, 4) is 5.75 Å². The summed E-state index contributed by atoms with van der Waals surface area (Å²) in [6.45, 7) is 2.99. The van der Waals surface area contributed by atoms with Crippen LogP contribution in [0.3, 0.4) is 0 Å². The first-order valence-corrected chi connectivity index (χ1v) is 7.49. The zero-order valence-electron chi connectivity index (χ0n) is 10.3. The summed E-state index contributed by atoms with van der Waals surface area (Å²) < 4.78 is 5.93. The Kier molecular flexibility index (Phi) is 3.72. The monoisotopic (exact) mass is 259 g/mol. The Labute approximate surface area is 112 Å². The molecule has 18 heavy (non-hydrogen) atoms. The molecule has 0 radical (unpaired) electrons. The molecule has 1 aliphatic rings. The predicted octanol–water partition coefficient (Wildman–Crippen LogP) is 3.22. The summed E-state index contributed by atoms with van der Waals surface area (Å²) in [5, 5.41) is 2.45. The number of rotatable bonds is 4. The summed E-state index contributed by atoms with van der Waals surface area (Å²) in [6, 6.07) is 14.6. The van der Waals surface area contributed by atoms with Gasteiger partial charge in [0.25, 0.3) is 0 Å².